The Hall–Kier alpha value is -2.15. The molecule has 2 heterocycles. The average molecular weight is 227 g/mol. The van der Waals surface area contributed by atoms with E-state index in [1.54, 1.807) is 6.07 Å². The van der Waals surface area contributed by atoms with Crippen molar-refractivity contribution < 1.29 is 4.74 Å². The number of hydrogen-bond acceptors (Lipinski definition) is 4. The number of aryl methyl sites for hydroxylation is 1. The van der Waals surface area contributed by atoms with E-state index in [1.165, 1.54) is 0 Å². The van der Waals surface area contributed by atoms with Gasteiger partial charge < -0.3 is 4.74 Å². The molecule has 2 aromatic rings. The molecule has 0 spiro atoms. The van der Waals surface area contributed by atoms with Crippen molar-refractivity contribution in [3.05, 3.63) is 29.5 Å². The van der Waals surface area contributed by atoms with Gasteiger partial charge in [0.25, 0.3) is 0 Å². The minimum Gasteiger partial charge on any atom is -0.477 e. The normalized spacial score (nSPS) is 10.2. The molecule has 0 unspecified atom stereocenters. The van der Waals surface area contributed by atoms with Crippen LogP contribution in [0, 0.1) is 18.3 Å². The second kappa shape index (κ2) is 4.79. The van der Waals surface area contributed by atoms with Gasteiger partial charge in [-0.1, -0.05) is 6.92 Å². The topological polar surface area (TPSA) is 58.8 Å². The minimum atomic E-state index is 0.396. The average Bonchev–Trinajstić information content (AvgIpc) is 2.35. The summed E-state index contributed by atoms with van der Waals surface area (Å²) in [6.45, 7) is 4.48. The summed E-state index contributed by atoms with van der Waals surface area (Å²) in [5.74, 6) is 0.396. The first-order valence-electron chi connectivity index (χ1n) is 5.56. The molecule has 0 atom stereocenters. The SMILES string of the molecule is CCCOc1nc2ccc(C)nc2cc1C#N. The van der Waals surface area contributed by atoms with Crippen molar-refractivity contribution in [3.63, 3.8) is 0 Å². The molecule has 0 saturated carbocycles. The Morgan fingerprint density at radius 1 is 1.29 bits per heavy atom. The van der Waals surface area contributed by atoms with E-state index in [0.29, 0.717) is 18.1 Å². The number of nitriles is 1. The monoisotopic (exact) mass is 227 g/mol. The van der Waals surface area contributed by atoms with Crippen molar-refractivity contribution in [2.24, 2.45) is 0 Å². The first kappa shape index (κ1) is 11.3. The lowest BCUT2D eigenvalue weighted by molar-refractivity contribution is 0.305. The molecule has 0 N–H and O–H groups in total. The van der Waals surface area contributed by atoms with Gasteiger partial charge in [0.1, 0.15) is 11.6 Å². The molecule has 17 heavy (non-hydrogen) atoms. The molecular weight excluding hydrogens is 214 g/mol. The highest BCUT2D eigenvalue weighted by Crippen LogP contribution is 2.20. The lowest BCUT2D eigenvalue weighted by atomic mass is 10.2. The van der Waals surface area contributed by atoms with Gasteiger partial charge in [0, 0.05) is 5.69 Å². The fourth-order valence-electron chi connectivity index (χ4n) is 1.53. The quantitative estimate of drug-likeness (QED) is 0.808. The van der Waals surface area contributed by atoms with Crippen LogP contribution >= 0.6 is 0 Å². The van der Waals surface area contributed by atoms with E-state index in [9.17, 15) is 0 Å². The summed E-state index contributed by atoms with van der Waals surface area (Å²) in [5, 5.41) is 9.05. The number of ether oxygens (including phenoxy) is 1. The van der Waals surface area contributed by atoms with Gasteiger partial charge in [0.2, 0.25) is 5.88 Å². The molecule has 0 saturated heterocycles. The van der Waals surface area contributed by atoms with Crippen molar-refractivity contribution in [3.8, 4) is 11.9 Å². The van der Waals surface area contributed by atoms with Gasteiger partial charge in [-0.05, 0) is 31.5 Å². The zero-order valence-corrected chi connectivity index (χ0v) is 9.90. The molecular formula is C13H13N3O. The van der Waals surface area contributed by atoms with Crippen LogP contribution in [0.5, 0.6) is 5.88 Å². The third-order valence-electron chi connectivity index (χ3n) is 2.34. The van der Waals surface area contributed by atoms with E-state index < -0.39 is 0 Å². The van der Waals surface area contributed by atoms with E-state index >= 15 is 0 Å². The molecule has 0 radical (unpaired) electrons. The second-order valence-electron chi connectivity index (χ2n) is 3.79. The lowest BCUT2D eigenvalue weighted by Gasteiger charge is -2.06. The molecule has 0 aliphatic carbocycles. The van der Waals surface area contributed by atoms with Crippen LogP contribution in [0.25, 0.3) is 11.0 Å². The van der Waals surface area contributed by atoms with Crippen LogP contribution in [-0.2, 0) is 0 Å². The fourth-order valence-corrected chi connectivity index (χ4v) is 1.53. The summed E-state index contributed by atoms with van der Waals surface area (Å²) in [5.41, 5.74) is 2.82. The molecule has 0 aromatic carbocycles. The smallest absolute Gasteiger partial charge is 0.232 e. The van der Waals surface area contributed by atoms with E-state index in [0.717, 1.165) is 23.1 Å². The predicted octanol–water partition coefficient (Wildman–Crippen LogP) is 2.60. The fraction of sp³-hybridized carbons (Fsp3) is 0.308. The maximum Gasteiger partial charge on any atom is 0.232 e. The molecule has 0 amide bonds. The Bertz CT molecular complexity index is 587. The number of rotatable bonds is 3. The van der Waals surface area contributed by atoms with Gasteiger partial charge in [-0.3, -0.25) is 4.98 Å². The lowest BCUT2D eigenvalue weighted by Crippen LogP contribution is -2.00. The third-order valence-corrected chi connectivity index (χ3v) is 2.34. The molecule has 4 heteroatoms. The summed E-state index contributed by atoms with van der Waals surface area (Å²) < 4.78 is 5.45. The Morgan fingerprint density at radius 2 is 2.12 bits per heavy atom. The van der Waals surface area contributed by atoms with Crippen LogP contribution in [-0.4, -0.2) is 16.6 Å². The number of fused-ring (bicyclic) bond motifs is 1. The molecule has 0 aliphatic heterocycles. The van der Waals surface area contributed by atoms with Gasteiger partial charge >= 0.3 is 0 Å². The van der Waals surface area contributed by atoms with Crippen LogP contribution in [0.4, 0.5) is 0 Å². The van der Waals surface area contributed by atoms with Crippen molar-refractivity contribution in [1.82, 2.24) is 9.97 Å². The van der Waals surface area contributed by atoms with E-state index in [1.807, 2.05) is 26.0 Å². The predicted molar refractivity (Wildman–Crippen MR) is 64.8 cm³/mol. The van der Waals surface area contributed by atoms with E-state index in [2.05, 4.69) is 16.0 Å². The van der Waals surface area contributed by atoms with Crippen molar-refractivity contribution in [2.45, 2.75) is 20.3 Å². The Kier molecular flexibility index (Phi) is 3.20. The zero-order chi connectivity index (χ0) is 12.3. The standard InChI is InChI=1S/C13H13N3O/c1-3-6-17-13-10(8-14)7-12-11(16-13)5-4-9(2)15-12/h4-5,7H,3,6H2,1-2H3. The summed E-state index contributed by atoms with van der Waals surface area (Å²) in [4.78, 5) is 8.65. The molecule has 86 valence electrons. The summed E-state index contributed by atoms with van der Waals surface area (Å²) in [7, 11) is 0. The number of aromatic nitrogens is 2. The van der Waals surface area contributed by atoms with Crippen LogP contribution in [0.15, 0.2) is 18.2 Å². The van der Waals surface area contributed by atoms with E-state index in [4.69, 9.17) is 10.00 Å². The highest BCUT2D eigenvalue weighted by Gasteiger charge is 2.08. The Morgan fingerprint density at radius 3 is 2.82 bits per heavy atom. The van der Waals surface area contributed by atoms with Crippen molar-refractivity contribution >= 4 is 11.0 Å². The Balaban J connectivity index is 2.53. The van der Waals surface area contributed by atoms with Gasteiger partial charge in [-0.15, -0.1) is 0 Å². The summed E-state index contributed by atoms with van der Waals surface area (Å²) in [6.07, 6.45) is 0.886. The maximum atomic E-state index is 9.05. The first-order valence-corrected chi connectivity index (χ1v) is 5.56. The largest absolute Gasteiger partial charge is 0.477 e. The molecule has 0 fully saturated rings. The van der Waals surface area contributed by atoms with Crippen molar-refractivity contribution in [1.29, 1.82) is 5.26 Å². The minimum absolute atomic E-state index is 0.396. The highest BCUT2D eigenvalue weighted by molar-refractivity contribution is 5.77. The van der Waals surface area contributed by atoms with E-state index in [-0.39, 0.29) is 0 Å². The maximum absolute atomic E-state index is 9.05. The van der Waals surface area contributed by atoms with Gasteiger partial charge in [-0.2, -0.15) is 5.26 Å². The van der Waals surface area contributed by atoms with Gasteiger partial charge in [0.05, 0.1) is 17.6 Å². The van der Waals surface area contributed by atoms with Crippen LogP contribution in [0.1, 0.15) is 24.6 Å². The number of hydrogen-bond donors (Lipinski definition) is 0. The van der Waals surface area contributed by atoms with Crippen LogP contribution < -0.4 is 4.74 Å². The van der Waals surface area contributed by atoms with Gasteiger partial charge in [-0.25, -0.2) is 4.98 Å². The number of pyridine rings is 2. The summed E-state index contributed by atoms with van der Waals surface area (Å²) >= 11 is 0. The molecule has 2 rings (SSSR count). The molecule has 2 aromatic heterocycles. The molecule has 4 nitrogen and oxygen atoms in total. The highest BCUT2D eigenvalue weighted by atomic mass is 16.5. The zero-order valence-electron chi connectivity index (χ0n) is 9.90. The van der Waals surface area contributed by atoms with Crippen LogP contribution in [0.2, 0.25) is 0 Å². The first-order chi connectivity index (χ1) is 8.24. The second-order valence-corrected chi connectivity index (χ2v) is 3.79. The number of nitrogens with zero attached hydrogens (tertiary/aromatic N) is 3. The third kappa shape index (κ3) is 2.34. The summed E-state index contributed by atoms with van der Waals surface area (Å²) in [6, 6.07) is 7.59. The van der Waals surface area contributed by atoms with Crippen molar-refractivity contribution in [2.75, 3.05) is 6.61 Å². The van der Waals surface area contributed by atoms with Crippen LogP contribution in [0.3, 0.4) is 0 Å². The van der Waals surface area contributed by atoms with Gasteiger partial charge in [0.15, 0.2) is 0 Å². The molecule has 0 bridgehead atoms. The Labute approximate surface area is 99.9 Å². The molecule has 0 aliphatic rings.